The highest BCUT2D eigenvalue weighted by atomic mass is 19.3. The van der Waals surface area contributed by atoms with Crippen LogP contribution in [0, 0.1) is 0 Å². The molecule has 0 aromatic heterocycles. The minimum absolute atomic E-state index is 0.0149. The monoisotopic (exact) mass is 215 g/mol. The van der Waals surface area contributed by atoms with Crippen LogP contribution in [-0.2, 0) is 5.92 Å². The van der Waals surface area contributed by atoms with Crippen LogP contribution < -0.4 is 5.73 Å². The molecule has 2 nitrogen and oxygen atoms in total. The van der Waals surface area contributed by atoms with Gasteiger partial charge in [0.05, 0.1) is 12.6 Å². The lowest BCUT2D eigenvalue weighted by Gasteiger charge is -2.15. The third kappa shape index (κ3) is 2.73. The molecule has 0 amide bonds. The summed E-state index contributed by atoms with van der Waals surface area (Å²) in [4.78, 5) is 0. The van der Waals surface area contributed by atoms with E-state index in [9.17, 15) is 8.78 Å². The predicted molar refractivity (Wildman–Crippen MR) is 54.6 cm³/mol. The standard InChI is InChI=1S/C11H15F2NO/c1-2-11(12,13)9-5-3-8(4-6-9)10(14)7-15/h3-6,10,15H,2,7,14H2,1H3. The smallest absolute Gasteiger partial charge is 0.273 e. The van der Waals surface area contributed by atoms with Gasteiger partial charge in [-0.15, -0.1) is 0 Å². The van der Waals surface area contributed by atoms with E-state index in [2.05, 4.69) is 0 Å². The second-order valence-electron chi connectivity index (χ2n) is 3.47. The number of halogens is 2. The van der Waals surface area contributed by atoms with Gasteiger partial charge in [-0.1, -0.05) is 31.2 Å². The molecule has 84 valence electrons. The Bertz CT molecular complexity index is 311. The van der Waals surface area contributed by atoms with E-state index in [1.807, 2.05) is 0 Å². The molecular weight excluding hydrogens is 200 g/mol. The van der Waals surface area contributed by atoms with E-state index in [0.29, 0.717) is 5.56 Å². The Kier molecular flexibility index (Phi) is 3.77. The van der Waals surface area contributed by atoms with Gasteiger partial charge in [0.25, 0.3) is 5.92 Å². The third-order valence-electron chi connectivity index (χ3n) is 2.40. The highest BCUT2D eigenvalue weighted by molar-refractivity contribution is 5.27. The van der Waals surface area contributed by atoms with E-state index in [-0.39, 0.29) is 18.6 Å². The first kappa shape index (κ1) is 12.1. The Hall–Kier alpha value is -1.00. The van der Waals surface area contributed by atoms with Gasteiger partial charge in [-0.2, -0.15) is 0 Å². The molecule has 1 atom stereocenters. The number of hydrogen-bond acceptors (Lipinski definition) is 2. The highest BCUT2D eigenvalue weighted by Crippen LogP contribution is 2.31. The second-order valence-corrected chi connectivity index (χ2v) is 3.47. The van der Waals surface area contributed by atoms with Gasteiger partial charge in [0.2, 0.25) is 0 Å². The lowest BCUT2D eigenvalue weighted by molar-refractivity contribution is -0.00830. The average Bonchev–Trinajstić information content (AvgIpc) is 2.28. The number of benzene rings is 1. The van der Waals surface area contributed by atoms with E-state index >= 15 is 0 Å². The van der Waals surface area contributed by atoms with E-state index in [1.165, 1.54) is 31.2 Å². The van der Waals surface area contributed by atoms with Crippen LogP contribution >= 0.6 is 0 Å². The Morgan fingerprint density at radius 3 is 2.27 bits per heavy atom. The van der Waals surface area contributed by atoms with Crippen molar-refractivity contribution >= 4 is 0 Å². The van der Waals surface area contributed by atoms with Gasteiger partial charge in [-0.25, -0.2) is 8.78 Å². The van der Waals surface area contributed by atoms with Crippen molar-refractivity contribution in [1.82, 2.24) is 0 Å². The zero-order valence-corrected chi connectivity index (χ0v) is 8.58. The molecule has 1 aromatic rings. The zero-order valence-electron chi connectivity index (χ0n) is 8.58. The Balaban J connectivity index is 2.90. The molecule has 0 aliphatic rings. The summed E-state index contributed by atoms with van der Waals surface area (Å²) in [5, 5.41) is 8.79. The number of aliphatic hydroxyl groups excluding tert-OH is 1. The van der Waals surface area contributed by atoms with Gasteiger partial charge in [0, 0.05) is 12.0 Å². The number of aliphatic hydroxyl groups is 1. The van der Waals surface area contributed by atoms with E-state index in [4.69, 9.17) is 10.8 Å². The molecule has 0 bridgehead atoms. The highest BCUT2D eigenvalue weighted by Gasteiger charge is 2.28. The van der Waals surface area contributed by atoms with E-state index in [0.717, 1.165) is 0 Å². The van der Waals surface area contributed by atoms with Crippen molar-refractivity contribution in [3.05, 3.63) is 35.4 Å². The normalized spacial score (nSPS) is 13.9. The first-order chi connectivity index (χ1) is 7.01. The van der Waals surface area contributed by atoms with Crippen molar-refractivity contribution in [1.29, 1.82) is 0 Å². The Labute approximate surface area is 87.7 Å². The van der Waals surface area contributed by atoms with Crippen LogP contribution in [0.3, 0.4) is 0 Å². The zero-order chi connectivity index (χ0) is 11.5. The van der Waals surface area contributed by atoms with Crippen LogP contribution in [-0.4, -0.2) is 11.7 Å². The maximum absolute atomic E-state index is 13.2. The maximum Gasteiger partial charge on any atom is 0.273 e. The Morgan fingerprint density at radius 1 is 1.33 bits per heavy atom. The summed E-state index contributed by atoms with van der Waals surface area (Å²) in [6, 6.07) is 5.26. The van der Waals surface area contributed by atoms with Gasteiger partial charge in [-0.3, -0.25) is 0 Å². The lowest BCUT2D eigenvalue weighted by Crippen LogP contribution is -2.15. The number of hydrogen-bond donors (Lipinski definition) is 2. The second kappa shape index (κ2) is 4.68. The predicted octanol–water partition coefficient (Wildman–Crippen LogP) is 2.18. The van der Waals surface area contributed by atoms with Crippen LogP contribution in [0.15, 0.2) is 24.3 Å². The molecule has 0 aliphatic heterocycles. The number of nitrogens with two attached hydrogens (primary N) is 1. The summed E-state index contributed by atoms with van der Waals surface area (Å²) in [5.74, 6) is -2.79. The minimum atomic E-state index is -2.79. The fraction of sp³-hybridized carbons (Fsp3) is 0.455. The van der Waals surface area contributed by atoms with Gasteiger partial charge < -0.3 is 10.8 Å². The van der Waals surface area contributed by atoms with Gasteiger partial charge >= 0.3 is 0 Å². The topological polar surface area (TPSA) is 46.2 Å². The van der Waals surface area contributed by atoms with Crippen LogP contribution in [0.5, 0.6) is 0 Å². The summed E-state index contributed by atoms with van der Waals surface area (Å²) >= 11 is 0. The summed E-state index contributed by atoms with van der Waals surface area (Å²) in [5.41, 5.74) is 6.19. The van der Waals surface area contributed by atoms with Gasteiger partial charge in [-0.05, 0) is 5.56 Å². The lowest BCUT2D eigenvalue weighted by atomic mass is 10.0. The summed E-state index contributed by atoms with van der Waals surface area (Å²) < 4.78 is 26.4. The molecule has 0 spiro atoms. The summed E-state index contributed by atoms with van der Waals surface area (Å²) in [6.45, 7) is 1.25. The van der Waals surface area contributed by atoms with Crippen molar-refractivity contribution < 1.29 is 13.9 Å². The van der Waals surface area contributed by atoms with E-state index < -0.39 is 12.0 Å². The average molecular weight is 215 g/mol. The molecule has 0 saturated heterocycles. The first-order valence-corrected chi connectivity index (χ1v) is 4.86. The molecule has 3 N–H and O–H groups in total. The molecule has 0 saturated carbocycles. The molecule has 0 aliphatic carbocycles. The maximum atomic E-state index is 13.2. The fourth-order valence-electron chi connectivity index (χ4n) is 1.28. The number of alkyl halides is 2. The van der Waals surface area contributed by atoms with Crippen molar-refractivity contribution in [3.8, 4) is 0 Å². The molecule has 0 fully saturated rings. The first-order valence-electron chi connectivity index (χ1n) is 4.86. The molecule has 4 heteroatoms. The molecule has 1 aromatic carbocycles. The van der Waals surface area contributed by atoms with Gasteiger partial charge in [0.15, 0.2) is 0 Å². The number of rotatable bonds is 4. The SMILES string of the molecule is CCC(F)(F)c1ccc(C(N)CO)cc1. The van der Waals surface area contributed by atoms with Crippen molar-refractivity contribution in [3.63, 3.8) is 0 Å². The largest absolute Gasteiger partial charge is 0.394 e. The molecule has 15 heavy (non-hydrogen) atoms. The molecule has 0 heterocycles. The van der Waals surface area contributed by atoms with Crippen LogP contribution in [0.25, 0.3) is 0 Å². The molecular formula is C11H15F2NO. The molecule has 1 rings (SSSR count). The Morgan fingerprint density at radius 2 is 1.87 bits per heavy atom. The fourth-order valence-corrected chi connectivity index (χ4v) is 1.28. The molecule has 0 radical (unpaired) electrons. The van der Waals surface area contributed by atoms with Crippen LogP contribution in [0.4, 0.5) is 8.78 Å². The summed E-state index contributed by atoms with van der Waals surface area (Å²) in [6.07, 6.45) is -0.224. The minimum Gasteiger partial charge on any atom is -0.394 e. The van der Waals surface area contributed by atoms with Crippen molar-refractivity contribution in [2.24, 2.45) is 5.73 Å². The van der Waals surface area contributed by atoms with E-state index in [1.54, 1.807) is 0 Å². The van der Waals surface area contributed by atoms with Crippen molar-refractivity contribution in [2.45, 2.75) is 25.3 Å². The van der Waals surface area contributed by atoms with Gasteiger partial charge in [0.1, 0.15) is 0 Å². The quantitative estimate of drug-likeness (QED) is 0.808. The summed E-state index contributed by atoms with van der Waals surface area (Å²) in [7, 11) is 0. The van der Waals surface area contributed by atoms with Crippen molar-refractivity contribution in [2.75, 3.05) is 6.61 Å². The van der Waals surface area contributed by atoms with Crippen LogP contribution in [0.1, 0.15) is 30.5 Å². The van der Waals surface area contributed by atoms with Crippen LogP contribution in [0.2, 0.25) is 0 Å². The third-order valence-corrected chi connectivity index (χ3v) is 2.40. The molecule has 1 unspecified atom stereocenters.